The number of hydrogen-bond donors (Lipinski definition) is 1. The maximum Gasteiger partial charge on any atom is 0.243 e. The van der Waals surface area contributed by atoms with Crippen molar-refractivity contribution in [3.05, 3.63) is 42.0 Å². The Morgan fingerprint density at radius 1 is 1.26 bits per heavy atom. The molecular formula is C17H24N2O3S. The van der Waals surface area contributed by atoms with Crippen molar-refractivity contribution in [2.75, 3.05) is 17.1 Å². The molecule has 0 bridgehead atoms. The minimum atomic E-state index is -3.55. The summed E-state index contributed by atoms with van der Waals surface area (Å²) in [6.07, 6.45) is 7.69. The van der Waals surface area contributed by atoms with Gasteiger partial charge in [0.15, 0.2) is 0 Å². The maximum absolute atomic E-state index is 12.4. The first-order chi connectivity index (χ1) is 10.9. The lowest BCUT2D eigenvalue weighted by atomic mass is 10.00. The number of amides is 1. The Balaban J connectivity index is 2.09. The van der Waals surface area contributed by atoms with Gasteiger partial charge < -0.3 is 5.32 Å². The summed E-state index contributed by atoms with van der Waals surface area (Å²) >= 11 is 0. The van der Waals surface area contributed by atoms with Gasteiger partial charge in [-0.1, -0.05) is 29.8 Å². The van der Waals surface area contributed by atoms with E-state index in [0.29, 0.717) is 12.2 Å². The third-order valence-corrected chi connectivity index (χ3v) is 5.22. The highest BCUT2D eigenvalue weighted by atomic mass is 32.2. The van der Waals surface area contributed by atoms with Crippen molar-refractivity contribution >= 4 is 21.6 Å². The monoisotopic (exact) mass is 336 g/mol. The lowest BCUT2D eigenvalue weighted by Crippen LogP contribution is -2.48. The van der Waals surface area contributed by atoms with Gasteiger partial charge in [0.1, 0.15) is 6.04 Å². The Hall–Kier alpha value is -1.82. The molecule has 0 aromatic heterocycles. The minimum Gasteiger partial charge on any atom is -0.351 e. The molecule has 6 heteroatoms. The number of carbonyl (C=O) groups is 1. The molecule has 1 unspecified atom stereocenters. The van der Waals surface area contributed by atoms with Crippen LogP contribution in [0.2, 0.25) is 0 Å². The smallest absolute Gasteiger partial charge is 0.243 e. The average molecular weight is 336 g/mol. The van der Waals surface area contributed by atoms with Crippen LogP contribution in [0.4, 0.5) is 5.69 Å². The van der Waals surface area contributed by atoms with E-state index in [1.807, 2.05) is 6.07 Å². The van der Waals surface area contributed by atoms with Crippen LogP contribution in [0.5, 0.6) is 0 Å². The van der Waals surface area contributed by atoms with E-state index in [1.54, 1.807) is 31.2 Å². The number of sulfonamides is 1. The third-order valence-electron chi connectivity index (χ3n) is 3.97. The fraction of sp³-hybridized carbons (Fsp3) is 0.471. The van der Waals surface area contributed by atoms with Crippen molar-refractivity contribution in [3.8, 4) is 0 Å². The summed E-state index contributed by atoms with van der Waals surface area (Å²) in [6.45, 7) is 2.11. The molecule has 0 saturated heterocycles. The molecule has 1 N–H and O–H groups in total. The molecule has 0 saturated carbocycles. The van der Waals surface area contributed by atoms with Crippen LogP contribution in [0, 0.1) is 0 Å². The summed E-state index contributed by atoms with van der Waals surface area (Å²) in [5, 5.41) is 2.86. The Morgan fingerprint density at radius 3 is 2.52 bits per heavy atom. The van der Waals surface area contributed by atoms with Gasteiger partial charge in [-0.15, -0.1) is 0 Å². The molecule has 1 aliphatic rings. The molecule has 2 rings (SSSR count). The number of benzene rings is 1. The molecule has 23 heavy (non-hydrogen) atoms. The first-order valence-electron chi connectivity index (χ1n) is 7.89. The van der Waals surface area contributed by atoms with Gasteiger partial charge >= 0.3 is 0 Å². The van der Waals surface area contributed by atoms with Crippen molar-refractivity contribution in [2.24, 2.45) is 0 Å². The van der Waals surface area contributed by atoms with Gasteiger partial charge in [0.05, 0.1) is 11.9 Å². The molecule has 1 aromatic rings. The Kier molecular flexibility index (Phi) is 5.82. The number of hydrogen-bond acceptors (Lipinski definition) is 3. The second kappa shape index (κ2) is 7.64. The van der Waals surface area contributed by atoms with Crippen LogP contribution in [0.3, 0.4) is 0 Å². The first-order valence-corrected chi connectivity index (χ1v) is 9.74. The summed E-state index contributed by atoms with van der Waals surface area (Å²) in [6, 6.07) is 7.90. The normalized spacial score (nSPS) is 16.3. The third kappa shape index (κ3) is 4.82. The van der Waals surface area contributed by atoms with E-state index in [4.69, 9.17) is 0 Å². The van der Waals surface area contributed by atoms with Crippen LogP contribution >= 0.6 is 0 Å². The molecule has 5 nitrogen and oxygen atoms in total. The molecule has 0 radical (unpaired) electrons. The lowest BCUT2D eigenvalue weighted by molar-refractivity contribution is -0.121. The van der Waals surface area contributed by atoms with E-state index < -0.39 is 16.1 Å². The summed E-state index contributed by atoms with van der Waals surface area (Å²) in [5.74, 6) is -0.286. The number of nitrogens with one attached hydrogen (secondary N) is 1. The summed E-state index contributed by atoms with van der Waals surface area (Å²) in [7, 11) is -3.55. The van der Waals surface area contributed by atoms with Crippen molar-refractivity contribution in [1.29, 1.82) is 0 Å². The summed E-state index contributed by atoms with van der Waals surface area (Å²) in [5.41, 5.74) is 1.72. The second-order valence-corrected chi connectivity index (χ2v) is 7.76. The van der Waals surface area contributed by atoms with E-state index in [1.165, 1.54) is 12.0 Å². The maximum atomic E-state index is 12.4. The fourth-order valence-corrected chi connectivity index (χ4v) is 3.97. The van der Waals surface area contributed by atoms with Gasteiger partial charge in [0.2, 0.25) is 15.9 Å². The highest BCUT2D eigenvalue weighted by molar-refractivity contribution is 7.92. The van der Waals surface area contributed by atoms with E-state index in [9.17, 15) is 13.2 Å². The zero-order valence-corrected chi connectivity index (χ0v) is 14.5. The number of anilines is 1. The van der Waals surface area contributed by atoms with Crippen LogP contribution in [0.1, 0.15) is 32.6 Å². The first kappa shape index (κ1) is 17.5. The molecule has 126 valence electrons. The van der Waals surface area contributed by atoms with Crippen LogP contribution < -0.4 is 9.62 Å². The fourth-order valence-electron chi connectivity index (χ4n) is 2.80. The number of nitrogens with zero attached hydrogens (tertiary/aromatic N) is 1. The Labute approximate surface area is 138 Å². The molecular weight excluding hydrogens is 312 g/mol. The van der Waals surface area contributed by atoms with E-state index in [-0.39, 0.29) is 5.91 Å². The van der Waals surface area contributed by atoms with Crippen LogP contribution in [0.15, 0.2) is 42.0 Å². The average Bonchev–Trinajstić information content (AvgIpc) is 2.53. The molecule has 1 atom stereocenters. The van der Waals surface area contributed by atoms with Gasteiger partial charge in [0, 0.05) is 6.54 Å². The number of para-hydroxylation sites is 1. The molecule has 0 heterocycles. The van der Waals surface area contributed by atoms with E-state index >= 15 is 0 Å². The van der Waals surface area contributed by atoms with Gasteiger partial charge in [0.25, 0.3) is 0 Å². The number of carbonyl (C=O) groups excluding carboxylic acids is 1. The summed E-state index contributed by atoms with van der Waals surface area (Å²) < 4.78 is 25.4. The van der Waals surface area contributed by atoms with Crippen molar-refractivity contribution in [3.63, 3.8) is 0 Å². The summed E-state index contributed by atoms with van der Waals surface area (Å²) in [4.78, 5) is 12.4. The largest absolute Gasteiger partial charge is 0.351 e. The second-order valence-electron chi connectivity index (χ2n) is 5.90. The number of rotatable bonds is 6. The number of allylic oxidation sites excluding steroid dienone is 1. The molecule has 0 spiro atoms. The molecule has 0 aliphatic heterocycles. The zero-order chi connectivity index (χ0) is 16.9. The quantitative estimate of drug-likeness (QED) is 0.812. The highest BCUT2D eigenvalue weighted by Crippen LogP contribution is 2.20. The molecule has 1 aliphatic carbocycles. The molecule has 1 amide bonds. The lowest BCUT2D eigenvalue weighted by Gasteiger charge is -2.28. The van der Waals surface area contributed by atoms with Crippen LogP contribution in [-0.4, -0.2) is 33.2 Å². The van der Waals surface area contributed by atoms with Crippen molar-refractivity contribution < 1.29 is 13.2 Å². The van der Waals surface area contributed by atoms with Gasteiger partial charge in [-0.2, -0.15) is 0 Å². The van der Waals surface area contributed by atoms with E-state index in [2.05, 4.69) is 11.4 Å². The zero-order valence-electron chi connectivity index (χ0n) is 13.7. The molecule has 1 aromatic carbocycles. The highest BCUT2D eigenvalue weighted by Gasteiger charge is 2.28. The standard InChI is InChI=1S/C17H24N2O3S/c1-14(17(20)18-13-15-9-5-3-6-10-15)19(23(2,21)22)16-11-7-4-8-12-16/h4,7-9,11-12,14H,3,5-6,10,13H2,1-2H3,(H,18,20). The topological polar surface area (TPSA) is 66.5 Å². The van der Waals surface area contributed by atoms with Gasteiger partial charge in [-0.05, 0) is 44.7 Å². The Bertz CT molecular complexity index is 668. The van der Waals surface area contributed by atoms with Crippen molar-refractivity contribution in [2.45, 2.75) is 38.6 Å². The SMILES string of the molecule is CC(C(=O)NCC1=CCCCC1)N(c1ccccc1)S(C)(=O)=O. The van der Waals surface area contributed by atoms with Crippen LogP contribution in [-0.2, 0) is 14.8 Å². The van der Waals surface area contributed by atoms with Gasteiger partial charge in [-0.3, -0.25) is 9.10 Å². The van der Waals surface area contributed by atoms with Gasteiger partial charge in [-0.25, -0.2) is 8.42 Å². The predicted molar refractivity (Wildman–Crippen MR) is 92.8 cm³/mol. The van der Waals surface area contributed by atoms with Crippen molar-refractivity contribution in [1.82, 2.24) is 5.32 Å². The van der Waals surface area contributed by atoms with Crippen LogP contribution in [0.25, 0.3) is 0 Å². The predicted octanol–water partition coefficient (Wildman–Crippen LogP) is 2.46. The molecule has 0 fully saturated rings. The minimum absolute atomic E-state index is 0.286. The van der Waals surface area contributed by atoms with E-state index in [0.717, 1.165) is 29.8 Å². The Morgan fingerprint density at radius 2 is 1.96 bits per heavy atom.